The zero-order valence-electron chi connectivity index (χ0n) is 21.6. The molecule has 1 aromatic rings. The fourth-order valence-electron chi connectivity index (χ4n) is 3.54. The van der Waals surface area contributed by atoms with E-state index in [1.807, 2.05) is 24.3 Å². The van der Waals surface area contributed by atoms with Gasteiger partial charge in [0.2, 0.25) is 0 Å². The van der Waals surface area contributed by atoms with E-state index in [4.69, 9.17) is 13.8 Å². The normalized spacial score (nSPS) is 11.7. The first-order chi connectivity index (χ1) is 16.5. The van der Waals surface area contributed by atoms with Crippen molar-refractivity contribution in [2.75, 3.05) is 19.8 Å². The molecule has 190 valence electrons. The van der Waals surface area contributed by atoms with Crippen LogP contribution in [0.3, 0.4) is 0 Å². The largest absolute Gasteiger partial charge is 0.462 e. The standard InChI is InChI=1S/C28H43O5P/c1-5-9-10-11-12-13-14-15-16-17-18-21-25-22-19-20-23-26(25)24-27(28(29)31-6-2)34(30,32-7-3)33-8-4/h19-20,22-24H,5-17H2,1-4H3/b27-24-. The molecule has 0 atom stereocenters. The van der Waals surface area contributed by atoms with Crippen molar-refractivity contribution in [2.45, 2.75) is 91.9 Å². The summed E-state index contributed by atoms with van der Waals surface area (Å²) in [4.78, 5) is 12.7. The second kappa shape index (κ2) is 18.5. The van der Waals surface area contributed by atoms with E-state index >= 15 is 0 Å². The number of hydrogen-bond donors (Lipinski definition) is 0. The van der Waals surface area contributed by atoms with Crippen molar-refractivity contribution in [3.63, 3.8) is 0 Å². The zero-order valence-corrected chi connectivity index (χ0v) is 22.5. The number of carbonyl (C=O) groups excluding carboxylic acids is 1. The van der Waals surface area contributed by atoms with Gasteiger partial charge in [-0.25, -0.2) is 4.79 Å². The van der Waals surface area contributed by atoms with Gasteiger partial charge in [0.1, 0.15) is 5.31 Å². The van der Waals surface area contributed by atoms with Gasteiger partial charge in [0.15, 0.2) is 0 Å². The molecule has 1 aromatic carbocycles. The lowest BCUT2D eigenvalue weighted by molar-refractivity contribution is -0.137. The first-order valence-corrected chi connectivity index (χ1v) is 14.4. The Labute approximate surface area is 207 Å². The predicted molar refractivity (Wildman–Crippen MR) is 141 cm³/mol. The third-order valence-electron chi connectivity index (χ3n) is 5.26. The van der Waals surface area contributed by atoms with Crippen LogP contribution < -0.4 is 0 Å². The molecular weight excluding hydrogens is 447 g/mol. The molecule has 0 spiro atoms. The Morgan fingerprint density at radius 1 is 0.853 bits per heavy atom. The molecule has 0 saturated heterocycles. The van der Waals surface area contributed by atoms with Crippen LogP contribution in [0.15, 0.2) is 29.6 Å². The van der Waals surface area contributed by atoms with Crippen LogP contribution in [0.1, 0.15) is 103 Å². The fourth-order valence-corrected chi connectivity index (χ4v) is 5.15. The van der Waals surface area contributed by atoms with E-state index in [0.29, 0.717) is 5.56 Å². The first kappa shape index (κ1) is 30.2. The SMILES string of the molecule is CCCCCCCCCCCC#Cc1ccccc1/C=C(/C(=O)OCC)P(=O)(OCC)OCC. The summed E-state index contributed by atoms with van der Waals surface area (Å²) in [7, 11) is -3.82. The molecule has 0 saturated carbocycles. The summed E-state index contributed by atoms with van der Waals surface area (Å²) >= 11 is 0. The number of carbonyl (C=O) groups is 1. The van der Waals surface area contributed by atoms with Gasteiger partial charge in [-0.2, -0.15) is 0 Å². The quantitative estimate of drug-likeness (QED) is 0.0725. The van der Waals surface area contributed by atoms with Crippen molar-refractivity contribution in [1.82, 2.24) is 0 Å². The summed E-state index contributed by atoms with van der Waals surface area (Å²) in [6, 6.07) is 7.48. The lowest BCUT2D eigenvalue weighted by Gasteiger charge is -2.19. The van der Waals surface area contributed by atoms with Crippen molar-refractivity contribution in [1.29, 1.82) is 0 Å². The molecule has 0 heterocycles. The van der Waals surface area contributed by atoms with Gasteiger partial charge in [0.25, 0.3) is 0 Å². The van der Waals surface area contributed by atoms with Crippen LogP contribution in [0, 0.1) is 11.8 Å². The molecule has 0 aliphatic rings. The number of esters is 1. The number of ether oxygens (including phenoxy) is 1. The maximum absolute atomic E-state index is 13.4. The minimum atomic E-state index is -3.82. The highest BCUT2D eigenvalue weighted by Gasteiger charge is 2.36. The Balaban J connectivity index is 2.87. The Morgan fingerprint density at radius 2 is 1.44 bits per heavy atom. The molecule has 0 aliphatic heterocycles. The van der Waals surface area contributed by atoms with Gasteiger partial charge in [0.05, 0.1) is 19.8 Å². The second-order valence-corrected chi connectivity index (χ2v) is 10.0. The van der Waals surface area contributed by atoms with Crippen LogP contribution in [0.4, 0.5) is 0 Å². The molecule has 0 unspecified atom stereocenters. The third-order valence-corrected chi connectivity index (χ3v) is 7.36. The monoisotopic (exact) mass is 490 g/mol. The van der Waals surface area contributed by atoms with E-state index in [1.165, 1.54) is 57.4 Å². The van der Waals surface area contributed by atoms with Crippen molar-refractivity contribution < 1.29 is 23.1 Å². The maximum atomic E-state index is 13.4. The molecule has 0 bridgehead atoms. The number of rotatable bonds is 17. The Bertz CT molecular complexity index is 840. The van der Waals surface area contributed by atoms with Crippen LogP contribution in [0.25, 0.3) is 6.08 Å². The topological polar surface area (TPSA) is 61.8 Å². The van der Waals surface area contributed by atoms with Gasteiger partial charge < -0.3 is 13.8 Å². The molecule has 0 aliphatic carbocycles. The maximum Gasteiger partial charge on any atom is 0.368 e. The number of hydrogen-bond acceptors (Lipinski definition) is 5. The van der Waals surface area contributed by atoms with Gasteiger partial charge in [-0.1, -0.05) is 88.3 Å². The minimum Gasteiger partial charge on any atom is -0.462 e. The van der Waals surface area contributed by atoms with E-state index in [2.05, 4.69) is 18.8 Å². The average Bonchev–Trinajstić information content (AvgIpc) is 2.82. The fraction of sp³-hybridized carbons (Fsp3) is 0.607. The number of benzene rings is 1. The molecule has 5 nitrogen and oxygen atoms in total. The molecular formula is C28H43O5P. The molecule has 0 aromatic heterocycles. The molecule has 0 amide bonds. The molecule has 0 fully saturated rings. The Morgan fingerprint density at radius 3 is 2.03 bits per heavy atom. The molecule has 34 heavy (non-hydrogen) atoms. The summed E-state index contributed by atoms with van der Waals surface area (Å²) in [5, 5.41) is -0.105. The van der Waals surface area contributed by atoms with Crippen LogP contribution in [0.5, 0.6) is 0 Å². The zero-order chi connectivity index (χ0) is 25.1. The van der Waals surface area contributed by atoms with Crippen LogP contribution in [-0.4, -0.2) is 25.8 Å². The molecule has 0 radical (unpaired) electrons. The van der Waals surface area contributed by atoms with Crippen molar-refractivity contribution in [3.05, 3.63) is 40.7 Å². The van der Waals surface area contributed by atoms with Crippen molar-refractivity contribution in [3.8, 4) is 11.8 Å². The summed E-state index contributed by atoms with van der Waals surface area (Å²) < 4.78 is 29.3. The third kappa shape index (κ3) is 11.5. The Hall–Kier alpha value is -1.86. The van der Waals surface area contributed by atoms with Gasteiger partial charge >= 0.3 is 13.6 Å². The molecule has 1 rings (SSSR count). The van der Waals surface area contributed by atoms with Crippen molar-refractivity contribution in [2.24, 2.45) is 0 Å². The van der Waals surface area contributed by atoms with E-state index in [1.54, 1.807) is 20.8 Å². The van der Waals surface area contributed by atoms with Crippen molar-refractivity contribution >= 4 is 19.6 Å². The predicted octanol–water partition coefficient (Wildman–Crippen LogP) is 8.13. The van der Waals surface area contributed by atoms with Gasteiger partial charge in [0, 0.05) is 12.0 Å². The van der Waals surface area contributed by atoms with Gasteiger partial charge in [-0.3, -0.25) is 4.57 Å². The van der Waals surface area contributed by atoms with E-state index in [9.17, 15) is 9.36 Å². The smallest absolute Gasteiger partial charge is 0.368 e. The van der Waals surface area contributed by atoms with Crippen LogP contribution >= 0.6 is 7.60 Å². The lowest BCUT2D eigenvalue weighted by atomic mass is 10.1. The summed E-state index contributed by atoms with van der Waals surface area (Å²) in [6.45, 7) is 7.82. The summed E-state index contributed by atoms with van der Waals surface area (Å²) in [5.41, 5.74) is 1.45. The van der Waals surface area contributed by atoms with Crippen LogP contribution in [-0.2, 0) is 23.1 Å². The molecule has 6 heteroatoms. The highest BCUT2D eigenvalue weighted by molar-refractivity contribution is 7.60. The van der Waals surface area contributed by atoms with Gasteiger partial charge in [-0.05, 0) is 44.9 Å². The summed E-state index contributed by atoms with van der Waals surface area (Å²) in [5.74, 6) is 5.76. The lowest BCUT2D eigenvalue weighted by Crippen LogP contribution is -2.11. The van der Waals surface area contributed by atoms with Crippen LogP contribution in [0.2, 0.25) is 0 Å². The first-order valence-electron chi connectivity index (χ1n) is 12.9. The molecule has 0 N–H and O–H groups in total. The second-order valence-electron chi connectivity index (χ2n) is 8.05. The highest BCUT2D eigenvalue weighted by atomic mass is 31.2. The summed E-state index contributed by atoms with van der Waals surface area (Å²) in [6.07, 6.45) is 13.9. The van der Waals surface area contributed by atoms with E-state index in [0.717, 1.165) is 18.4 Å². The Kier molecular flexibility index (Phi) is 16.4. The minimum absolute atomic E-state index is 0.105. The van der Waals surface area contributed by atoms with Gasteiger partial charge in [-0.15, -0.1) is 0 Å². The average molecular weight is 491 g/mol. The highest BCUT2D eigenvalue weighted by Crippen LogP contribution is 2.57. The number of unbranched alkanes of at least 4 members (excludes halogenated alkanes) is 9. The van der Waals surface area contributed by atoms with E-state index < -0.39 is 13.6 Å². The van der Waals surface area contributed by atoms with E-state index in [-0.39, 0.29) is 25.1 Å².